The molecule has 0 bridgehead atoms. The van der Waals surface area contributed by atoms with Crippen molar-refractivity contribution in [2.45, 2.75) is 25.6 Å². The topological polar surface area (TPSA) is 52.9 Å². The lowest BCUT2D eigenvalue weighted by atomic mass is 10.0. The molecule has 4 nitrogen and oxygen atoms in total. The van der Waals surface area contributed by atoms with Crippen molar-refractivity contribution in [2.24, 2.45) is 5.92 Å². The normalized spacial score (nSPS) is 22.7. The molecule has 2 rings (SSSR count). The molecule has 1 aromatic carbocycles. The summed E-state index contributed by atoms with van der Waals surface area (Å²) in [6.45, 7) is 4.22. The number of hydrogen-bond acceptors (Lipinski definition) is 4. The number of nitrogens with zero attached hydrogens (tertiary/aromatic N) is 1. The van der Waals surface area contributed by atoms with Crippen LogP contribution in [0.1, 0.15) is 13.3 Å². The van der Waals surface area contributed by atoms with Crippen molar-refractivity contribution in [1.29, 1.82) is 0 Å². The van der Waals surface area contributed by atoms with Crippen LogP contribution in [0.25, 0.3) is 0 Å². The summed E-state index contributed by atoms with van der Waals surface area (Å²) >= 11 is 0. The highest BCUT2D eigenvalue weighted by Gasteiger charge is 2.27. The number of benzene rings is 1. The van der Waals surface area contributed by atoms with Crippen molar-refractivity contribution in [2.75, 3.05) is 26.2 Å². The third-order valence-electron chi connectivity index (χ3n) is 3.72. The van der Waals surface area contributed by atoms with Gasteiger partial charge < -0.3 is 19.8 Å². The predicted octanol–water partition coefficient (Wildman–Crippen LogP) is 1.27. The van der Waals surface area contributed by atoms with Crippen LogP contribution < -0.4 is 4.74 Å². The van der Waals surface area contributed by atoms with Gasteiger partial charge in [0.2, 0.25) is 0 Å². The summed E-state index contributed by atoms with van der Waals surface area (Å²) in [6, 6.07) is 5.74. The Morgan fingerprint density at radius 1 is 1.35 bits per heavy atom. The second-order valence-electron chi connectivity index (χ2n) is 5.47. The lowest BCUT2D eigenvalue weighted by Gasteiger charge is -2.21. The number of likely N-dealkylation sites (tertiary alicyclic amines) is 1. The average molecular weight is 283 g/mol. The van der Waals surface area contributed by atoms with Gasteiger partial charge in [0.1, 0.15) is 24.3 Å². The molecular formula is C15H22FNO3. The lowest BCUT2D eigenvalue weighted by Crippen LogP contribution is -2.35. The van der Waals surface area contributed by atoms with Crippen LogP contribution in [0.4, 0.5) is 4.39 Å². The van der Waals surface area contributed by atoms with E-state index >= 15 is 0 Å². The van der Waals surface area contributed by atoms with E-state index in [0.717, 1.165) is 19.5 Å². The van der Waals surface area contributed by atoms with Crippen LogP contribution in [0.15, 0.2) is 24.3 Å². The minimum Gasteiger partial charge on any atom is -0.491 e. The number of ether oxygens (including phenoxy) is 1. The van der Waals surface area contributed by atoms with E-state index in [4.69, 9.17) is 4.74 Å². The molecule has 0 aromatic heterocycles. The molecule has 1 heterocycles. The Hall–Kier alpha value is -1.17. The minimum absolute atomic E-state index is 0.182. The summed E-state index contributed by atoms with van der Waals surface area (Å²) in [5.41, 5.74) is 0. The van der Waals surface area contributed by atoms with E-state index in [-0.39, 0.29) is 18.5 Å². The predicted molar refractivity (Wildman–Crippen MR) is 74.1 cm³/mol. The first kappa shape index (κ1) is 15.2. The van der Waals surface area contributed by atoms with Gasteiger partial charge in [-0.2, -0.15) is 0 Å². The number of hydrogen-bond donors (Lipinski definition) is 2. The second-order valence-corrected chi connectivity index (χ2v) is 5.47. The monoisotopic (exact) mass is 283 g/mol. The number of aliphatic hydroxyl groups is 2. The molecule has 1 aromatic rings. The summed E-state index contributed by atoms with van der Waals surface area (Å²) in [5.74, 6) is 0.535. The molecule has 0 amide bonds. The Balaban J connectivity index is 1.70. The van der Waals surface area contributed by atoms with Crippen LogP contribution in [0.2, 0.25) is 0 Å². The van der Waals surface area contributed by atoms with Crippen LogP contribution in [0, 0.1) is 11.7 Å². The maximum atomic E-state index is 12.7. The minimum atomic E-state index is -0.590. The van der Waals surface area contributed by atoms with E-state index in [1.165, 1.54) is 12.1 Å². The highest BCUT2D eigenvalue weighted by atomic mass is 19.1. The molecule has 1 aliphatic heterocycles. The Labute approximate surface area is 118 Å². The van der Waals surface area contributed by atoms with Gasteiger partial charge in [0.15, 0.2) is 0 Å². The van der Waals surface area contributed by atoms with Gasteiger partial charge in [-0.3, -0.25) is 0 Å². The first-order chi connectivity index (χ1) is 9.54. The molecule has 3 atom stereocenters. The summed E-state index contributed by atoms with van der Waals surface area (Å²) in [7, 11) is 0. The van der Waals surface area contributed by atoms with Crippen molar-refractivity contribution in [1.82, 2.24) is 4.90 Å². The highest BCUT2D eigenvalue weighted by molar-refractivity contribution is 5.22. The van der Waals surface area contributed by atoms with Crippen LogP contribution >= 0.6 is 0 Å². The van der Waals surface area contributed by atoms with E-state index in [1.54, 1.807) is 12.1 Å². The summed E-state index contributed by atoms with van der Waals surface area (Å²) < 4.78 is 18.1. The molecule has 2 N–H and O–H groups in total. The molecule has 0 saturated carbocycles. The molecule has 0 spiro atoms. The molecule has 0 aliphatic carbocycles. The number of halogens is 1. The molecule has 1 aliphatic rings. The van der Waals surface area contributed by atoms with Gasteiger partial charge in [0.25, 0.3) is 0 Å². The average Bonchev–Trinajstić information content (AvgIpc) is 2.87. The zero-order chi connectivity index (χ0) is 14.5. The SMILES string of the molecule is CC(O)C1CCN(CC(O)COc2ccc(F)cc2)C1. The fourth-order valence-corrected chi connectivity index (χ4v) is 2.50. The van der Waals surface area contributed by atoms with Crippen LogP contribution in [-0.4, -0.2) is 53.6 Å². The van der Waals surface area contributed by atoms with E-state index in [2.05, 4.69) is 4.90 Å². The molecule has 20 heavy (non-hydrogen) atoms. The smallest absolute Gasteiger partial charge is 0.123 e. The van der Waals surface area contributed by atoms with Gasteiger partial charge in [0.05, 0.1) is 6.10 Å². The fourth-order valence-electron chi connectivity index (χ4n) is 2.50. The maximum absolute atomic E-state index is 12.7. The molecule has 1 fully saturated rings. The van der Waals surface area contributed by atoms with Gasteiger partial charge in [-0.15, -0.1) is 0 Å². The van der Waals surface area contributed by atoms with Gasteiger partial charge >= 0.3 is 0 Å². The first-order valence-corrected chi connectivity index (χ1v) is 7.01. The van der Waals surface area contributed by atoms with Gasteiger partial charge in [-0.25, -0.2) is 4.39 Å². The van der Waals surface area contributed by atoms with Crippen LogP contribution in [-0.2, 0) is 0 Å². The van der Waals surface area contributed by atoms with Gasteiger partial charge in [-0.05, 0) is 50.1 Å². The Morgan fingerprint density at radius 3 is 2.65 bits per heavy atom. The highest BCUT2D eigenvalue weighted by Crippen LogP contribution is 2.19. The zero-order valence-electron chi connectivity index (χ0n) is 11.7. The number of rotatable bonds is 6. The van der Waals surface area contributed by atoms with Crippen LogP contribution in [0.5, 0.6) is 5.75 Å². The van der Waals surface area contributed by atoms with Gasteiger partial charge in [-0.1, -0.05) is 0 Å². The molecule has 0 radical (unpaired) electrons. The lowest BCUT2D eigenvalue weighted by molar-refractivity contribution is 0.0696. The van der Waals surface area contributed by atoms with Crippen LogP contribution in [0.3, 0.4) is 0 Å². The summed E-state index contributed by atoms with van der Waals surface area (Å²) in [6.07, 6.45) is 0.0730. The van der Waals surface area contributed by atoms with E-state index in [0.29, 0.717) is 18.2 Å². The van der Waals surface area contributed by atoms with Crippen molar-refractivity contribution < 1.29 is 19.3 Å². The summed E-state index contributed by atoms with van der Waals surface area (Å²) in [4.78, 5) is 2.13. The third kappa shape index (κ3) is 4.44. The summed E-state index contributed by atoms with van der Waals surface area (Å²) in [5, 5.41) is 19.5. The largest absolute Gasteiger partial charge is 0.491 e. The first-order valence-electron chi connectivity index (χ1n) is 7.01. The number of β-amino-alcohol motifs (C(OH)–C–C–N with tert-alkyl or cyclic N) is 1. The Bertz CT molecular complexity index is 410. The van der Waals surface area contributed by atoms with E-state index in [1.807, 2.05) is 6.92 Å². The van der Waals surface area contributed by atoms with Crippen molar-refractivity contribution in [3.63, 3.8) is 0 Å². The zero-order valence-corrected chi connectivity index (χ0v) is 11.7. The van der Waals surface area contributed by atoms with Crippen molar-refractivity contribution >= 4 is 0 Å². The molecule has 112 valence electrons. The molecule has 1 saturated heterocycles. The maximum Gasteiger partial charge on any atom is 0.123 e. The standard InChI is InChI=1S/C15H22FNO3/c1-11(18)12-6-7-17(8-12)9-14(19)10-20-15-4-2-13(16)3-5-15/h2-5,11-12,14,18-19H,6-10H2,1H3. The van der Waals surface area contributed by atoms with Crippen molar-refractivity contribution in [3.05, 3.63) is 30.1 Å². The fraction of sp³-hybridized carbons (Fsp3) is 0.600. The molecule has 5 heteroatoms. The third-order valence-corrected chi connectivity index (χ3v) is 3.72. The quantitative estimate of drug-likeness (QED) is 0.825. The van der Waals surface area contributed by atoms with Gasteiger partial charge in [0, 0.05) is 13.1 Å². The molecular weight excluding hydrogens is 261 g/mol. The Morgan fingerprint density at radius 2 is 2.05 bits per heavy atom. The van der Waals surface area contributed by atoms with Crippen molar-refractivity contribution in [3.8, 4) is 5.75 Å². The number of aliphatic hydroxyl groups excluding tert-OH is 2. The molecule has 3 unspecified atom stereocenters. The Kier molecular flexibility index (Phi) is 5.34. The second kappa shape index (κ2) is 7.02. The van der Waals surface area contributed by atoms with E-state index < -0.39 is 6.10 Å². The van der Waals surface area contributed by atoms with E-state index in [9.17, 15) is 14.6 Å².